The molecule has 2 aliphatic rings. The maximum absolute atomic E-state index is 13.7. The van der Waals surface area contributed by atoms with Crippen LogP contribution in [0, 0.1) is 0 Å². The van der Waals surface area contributed by atoms with Crippen molar-refractivity contribution in [2.24, 2.45) is 0 Å². The molecule has 0 aliphatic carbocycles. The number of alkyl halides is 3. The molecule has 7 nitrogen and oxygen atoms in total. The lowest BCUT2D eigenvalue weighted by atomic mass is 10.0. The van der Waals surface area contributed by atoms with Gasteiger partial charge in [-0.15, -0.1) is 0 Å². The summed E-state index contributed by atoms with van der Waals surface area (Å²) in [5.74, 6) is -0.222. The number of anilines is 1. The van der Waals surface area contributed by atoms with Crippen LogP contribution in [0.5, 0.6) is 0 Å². The molecule has 0 unspecified atom stereocenters. The van der Waals surface area contributed by atoms with E-state index >= 15 is 0 Å². The van der Waals surface area contributed by atoms with Crippen molar-refractivity contribution in [2.75, 3.05) is 25.0 Å². The van der Waals surface area contributed by atoms with Crippen LogP contribution < -0.4 is 16.0 Å². The average molecular weight is 406 g/mol. The molecule has 0 radical (unpaired) electrons. The van der Waals surface area contributed by atoms with Crippen molar-refractivity contribution in [1.82, 2.24) is 25.6 Å². The number of nitrogens with zero attached hydrogens (tertiary/aromatic N) is 2. The number of amides is 1. The minimum atomic E-state index is -4.63. The molecule has 0 saturated carbocycles. The highest BCUT2D eigenvalue weighted by Gasteiger charge is 2.37. The second-order valence-electron chi connectivity index (χ2n) is 7.08. The summed E-state index contributed by atoms with van der Waals surface area (Å²) in [5, 5.41) is 9.07. The van der Waals surface area contributed by atoms with Crippen LogP contribution in [0.25, 0.3) is 17.3 Å². The van der Waals surface area contributed by atoms with Gasteiger partial charge in [0.2, 0.25) is 5.95 Å². The van der Waals surface area contributed by atoms with Gasteiger partial charge in [-0.1, -0.05) is 12.2 Å². The Balaban J connectivity index is 1.78. The van der Waals surface area contributed by atoms with Gasteiger partial charge in [0.05, 0.1) is 5.69 Å². The number of nitrogens with one attached hydrogen (secondary N) is 4. The predicted octanol–water partition coefficient (Wildman–Crippen LogP) is 2.80. The average Bonchev–Trinajstić information content (AvgIpc) is 3.09. The summed E-state index contributed by atoms with van der Waals surface area (Å²) < 4.78 is 41.0. The molecule has 4 heterocycles. The molecule has 2 aliphatic heterocycles. The third kappa shape index (κ3) is 4.12. The number of aromatic amines is 1. The minimum absolute atomic E-state index is 0.0471. The van der Waals surface area contributed by atoms with Crippen molar-refractivity contribution in [3.8, 4) is 11.3 Å². The van der Waals surface area contributed by atoms with Crippen molar-refractivity contribution < 1.29 is 18.0 Å². The Bertz CT molecular complexity index is 931. The molecule has 1 fully saturated rings. The third-order valence-corrected chi connectivity index (χ3v) is 5.01. The molecule has 0 spiro atoms. The van der Waals surface area contributed by atoms with Crippen LogP contribution in [-0.2, 0) is 6.18 Å². The van der Waals surface area contributed by atoms with Crippen LogP contribution in [0.3, 0.4) is 0 Å². The Kier molecular flexibility index (Phi) is 5.27. The zero-order valence-corrected chi connectivity index (χ0v) is 15.6. The molecule has 2 aromatic rings. The molecule has 0 bridgehead atoms. The molecule has 2 aromatic heterocycles. The quantitative estimate of drug-likeness (QED) is 0.629. The Hall–Kier alpha value is -2.88. The van der Waals surface area contributed by atoms with Gasteiger partial charge in [0.25, 0.3) is 5.91 Å². The molecule has 1 amide bonds. The monoisotopic (exact) mass is 406 g/mol. The summed E-state index contributed by atoms with van der Waals surface area (Å²) in [5.41, 5.74) is -0.380. The number of carbonyl (C=O) groups is 1. The van der Waals surface area contributed by atoms with E-state index in [1.807, 2.05) is 6.08 Å². The Morgan fingerprint density at radius 2 is 2.10 bits per heavy atom. The van der Waals surface area contributed by atoms with Crippen LogP contribution >= 0.6 is 0 Å². The van der Waals surface area contributed by atoms with Crippen molar-refractivity contribution in [1.29, 1.82) is 0 Å². The van der Waals surface area contributed by atoms with E-state index in [-0.39, 0.29) is 34.8 Å². The van der Waals surface area contributed by atoms with Gasteiger partial charge in [-0.05, 0) is 25.8 Å². The second kappa shape index (κ2) is 7.86. The number of carbonyl (C=O) groups excluding carboxylic acids is 1. The zero-order valence-electron chi connectivity index (χ0n) is 15.6. The fourth-order valence-electron chi connectivity index (χ4n) is 3.57. The van der Waals surface area contributed by atoms with E-state index in [2.05, 4.69) is 30.9 Å². The first kappa shape index (κ1) is 19.4. The molecule has 154 valence electrons. The van der Waals surface area contributed by atoms with Gasteiger partial charge in [0, 0.05) is 42.7 Å². The lowest BCUT2D eigenvalue weighted by molar-refractivity contribution is -0.137. The van der Waals surface area contributed by atoms with Crippen LogP contribution in [0.4, 0.5) is 19.1 Å². The predicted molar refractivity (Wildman–Crippen MR) is 102 cm³/mol. The van der Waals surface area contributed by atoms with E-state index in [0.717, 1.165) is 25.6 Å². The molecular weight excluding hydrogens is 385 g/mol. The van der Waals surface area contributed by atoms with Crippen LogP contribution in [-0.4, -0.2) is 46.5 Å². The lowest BCUT2D eigenvalue weighted by Gasteiger charge is -2.24. The fraction of sp³-hybridized carbons (Fsp3) is 0.421. The first-order chi connectivity index (χ1) is 13.9. The van der Waals surface area contributed by atoms with E-state index in [1.54, 1.807) is 6.08 Å². The number of H-pyrrole nitrogens is 1. The zero-order chi connectivity index (χ0) is 20.4. The van der Waals surface area contributed by atoms with E-state index in [1.165, 1.54) is 6.20 Å². The van der Waals surface area contributed by atoms with E-state index in [4.69, 9.17) is 0 Å². The third-order valence-electron chi connectivity index (χ3n) is 5.01. The number of piperidine rings is 1. The van der Waals surface area contributed by atoms with Crippen molar-refractivity contribution in [3.05, 3.63) is 35.3 Å². The van der Waals surface area contributed by atoms with Crippen LogP contribution in [0.2, 0.25) is 0 Å². The topological polar surface area (TPSA) is 94.7 Å². The maximum atomic E-state index is 13.7. The second-order valence-corrected chi connectivity index (χ2v) is 7.08. The van der Waals surface area contributed by atoms with Gasteiger partial charge in [0.15, 0.2) is 0 Å². The Morgan fingerprint density at radius 1 is 1.24 bits per heavy atom. The largest absolute Gasteiger partial charge is 0.419 e. The number of aromatic nitrogens is 3. The number of hydrogen-bond donors (Lipinski definition) is 4. The summed E-state index contributed by atoms with van der Waals surface area (Å²) in [4.78, 5) is 23.2. The van der Waals surface area contributed by atoms with Crippen molar-refractivity contribution in [2.45, 2.75) is 31.5 Å². The first-order valence-electron chi connectivity index (χ1n) is 9.51. The van der Waals surface area contributed by atoms with Gasteiger partial charge in [-0.25, -0.2) is 9.97 Å². The molecule has 1 saturated heterocycles. The summed E-state index contributed by atoms with van der Waals surface area (Å²) in [6, 6.07) is 0.0471. The molecular formula is C19H21F3N6O. The summed E-state index contributed by atoms with van der Waals surface area (Å²) in [7, 11) is 0. The highest BCUT2D eigenvalue weighted by Crippen LogP contribution is 2.38. The van der Waals surface area contributed by atoms with Crippen LogP contribution in [0.1, 0.15) is 40.9 Å². The molecule has 0 aromatic carbocycles. The highest BCUT2D eigenvalue weighted by molar-refractivity contribution is 5.99. The van der Waals surface area contributed by atoms with E-state index in [0.29, 0.717) is 25.1 Å². The van der Waals surface area contributed by atoms with Crippen molar-refractivity contribution in [3.63, 3.8) is 0 Å². The van der Waals surface area contributed by atoms with E-state index in [9.17, 15) is 18.0 Å². The Labute approximate surface area is 165 Å². The molecule has 10 heteroatoms. The minimum Gasteiger partial charge on any atom is -0.356 e. The highest BCUT2D eigenvalue weighted by atomic mass is 19.4. The number of halogens is 3. The first-order valence-corrected chi connectivity index (χ1v) is 9.51. The molecule has 1 atom stereocenters. The fourth-order valence-corrected chi connectivity index (χ4v) is 3.57. The summed E-state index contributed by atoms with van der Waals surface area (Å²) in [6.07, 6.45) is 3.49. The lowest BCUT2D eigenvalue weighted by Crippen LogP contribution is -2.38. The van der Waals surface area contributed by atoms with Gasteiger partial charge >= 0.3 is 6.18 Å². The van der Waals surface area contributed by atoms with Gasteiger partial charge in [-0.2, -0.15) is 13.2 Å². The molecule has 29 heavy (non-hydrogen) atoms. The Morgan fingerprint density at radius 3 is 2.86 bits per heavy atom. The van der Waals surface area contributed by atoms with Crippen molar-refractivity contribution >= 4 is 17.9 Å². The summed E-state index contributed by atoms with van der Waals surface area (Å²) in [6.45, 7) is 2.08. The maximum Gasteiger partial charge on any atom is 0.419 e. The number of rotatable bonds is 3. The SMILES string of the molecule is O=C1NCC/C=C\c2c(-c3nc(N[C@H]4CCCNC4)ncc3C(F)(F)F)c[nH]c21. The van der Waals surface area contributed by atoms with E-state index < -0.39 is 11.7 Å². The van der Waals surface area contributed by atoms with Gasteiger partial charge in [0.1, 0.15) is 11.3 Å². The van der Waals surface area contributed by atoms with Crippen LogP contribution in [0.15, 0.2) is 18.5 Å². The van der Waals surface area contributed by atoms with Gasteiger partial charge in [-0.3, -0.25) is 4.79 Å². The summed E-state index contributed by atoms with van der Waals surface area (Å²) >= 11 is 0. The smallest absolute Gasteiger partial charge is 0.356 e. The standard InChI is InChI=1S/C19H21F3N6O/c20-19(21,22)14-10-26-18(27-11-4-3-6-23-8-11)28-15(14)13-9-25-16-12(13)5-1-2-7-24-17(16)29/h1,5,9-11,23,25H,2-4,6-8H2,(H,24,29)(H,26,27,28)/b5-1-/t11-/m0/s1. The van der Waals surface area contributed by atoms with Gasteiger partial charge < -0.3 is 20.9 Å². The number of fused-ring (bicyclic) bond motifs is 1. The molecule has 4 rings (SSSR count). The number of hydrogen-bond acceptors (Lipinski definition) is 5. The normalized spacial score (nSPS) is 20.9. The molecule has 4 N–H and O–H groups in total.